The van der Waals surface area contributed by atoms with Gasteiger partial charge in [-0.3, -0.25) is 14.5 Å². The molecule has 0 bridgehead atoms. The van der Waals surface area contributed by atoms with Crippen molar-refractivity contribution in [3.8, 4) is 0 Å². The van der Waals surface area contributed by atoms with E-state index in [1.165, 1.54) is 47.2 Å². The van der Waals surface area contributed by atoms with Gasteiger partial charge in [-0.05, 0) is 36.9 Å². The third kappa shape index (κ3) is 6.86. The van der Waals surface area contributed by atoms with Crippen molar-refractivity contribution in [3.05, 3.63) is 65.5 Å². The molecule has 1 N–H and O–H groups in total. The van der Waals surface area contributed by atoms with Crippen LogP contribution in [0.25, 0.3) is 0 Å². The number of hydrogen-bond acceptors (Lipinski definition) is 3. The summed E-state index contributed by atoms with van der Waals surface area (Å²) in [5.41, 5.74) is -0.532. The number of carbonyl (C=O) groups is 2. The van der Waals surface area contributed by atoms with Gasteiger partial charge in [-0.1, -0.05) is 24.3 Å². The Kier molecular flexibility index (Phi) is 7.33. The van der Waals surface area contributed by atoms with Crippen LogP contribution >= 0.6 is 0 Å². The number of hydrogen-bond donors (Lipinski definition) is 1. The van der Waals surface area contributed by atoms with Gasteiger partial charge in [-0.15, -0.1) is 0 Å². The molecule has 5 nitrogen and oxygen atoms in total. The summed E-state index contributed by atoms with van der Waals surface area (Å²) < 4.78 is 51.9. The minimum absolute atomic E-state index is 0.105. The van der Waals surface area contributed by atoms with E-state index in [0.29, 0.717) is 0 Å². The molecule has 2 aromatic rings. The van der Waals surface area contributed by atoms with Crippen LogP contribution in [-0.4, -0.2) is 48.8 Å². The SMILES string of the molecule is CN(CC(=O)Nc1ccccc1C(F)(F)F)CC(=O)N(C)Cc1ccc(F)cc1. The van der Waals surface area contributed by atoms with E-state index in [4.69, 9.17) is 0 Å². The molecule has 0 aliphatic carbocycles. The van der Waals surface area contributed by atoms with Gasteiger partial charge in [0, 0.05) is 13.6 Å². The van der Waals surface area contributed by atoms with E-state index < -0.39 is 17.6 Å². The van der Waals surface area contributed by atoms with Crippen molar-refractivity contribution in [2.75, 3.05) is 32.5 Å². The van der Waals surface area contributed by atoms with Crippen LogP contribution in [0.2, 0.25) is 0 Å². The average molecular weight is 411 g/mol. The molecular weight excluding hydrogens is 390 g/mol. The summed E-state index contributed by atoms with van der Waals surface area (Å²) in [6.45, 7) is -0.105. The molecule has 156 valence electrons. The first-order valence-electron chi connectivity index (χ1n) is 8.69. The molecule has 0 atom stereocenters. The maximum Gasteiger partial charge on any atom is 0.418 e. The highest BCUT2D eigenvalue weighted by molar-refractivity contribution is 5.93. The first kappa shape index (κ1) is 22.4. The molecular formula is C20H21F4N3O2. The lowest BCUT2D eigenvalue weighted by Gasteiger charge is -2.22. The van der Waals surface area contributed by atoms with Gasteiger partial charge in [-0.2, -0.15) is 13.2 Å². The topological polar surface area (TPSA) is 52.7 Å². The van der Waals surface area contributed by atoms with Crippen molar-refractivity contribution < 1.29 is 27.2 Å². The van der Waals surface area contributed by atoms with Gasteiger partial charge in [0.25, 0.3) is 0 Å². The number of amides is 2. The summed E-state index contributed by atoms with van der Waals surface area (Å²) in [7, 11) is 3.08. The molecule has 0 fully saturated rings. The standard InChI is InChI=1S/C20H21F4N3O2/c1-26(13-19(29)27(2)11-14-7-9-15(21)10-8-14)12-18(28)25-17-6-4-3-5-16(17)20(22,23)24/h3-10H,11-13H2,1-2H3,(H,25,28). The van der Waals surface area contributed by atoms with Gasteiger partial charge in [0.1, 0.15) is 5.82 Å². The Morgan fingerprint density at radius 1 is 0.966 bits per heavy atom. The van der Waals surface area contributed by atoms with Crippen molar-refractivity contribution in [1.29, 1.82) is 0 Å². The predicted molar refractivity (Wildman–Crippen MR) is 100 cm³/mol. The number of likely N-dealkylation sites (N-methyl/N-ethyl adjacent to an activating group) is 2. The number of nitrogens with one attached hydrogen (secondary N) is 1. The zero-order valence-electron chi connectivity index (χ0n) is 16.0. The van der Waals surface area contributed by atoms with E-state index in [1.807, 2.05) is 0 Å². The molecule has 0 heterocycles. The Morgan fingerprint density at radius 3 is 2.21 bits per heavy atom. The monoisotopic (exact) mass is 411 g/mol. The molecule has 0 spiro atoms. The Bertz CT molecular complexity index is 854. The smallest absolute Gasteiger partial charge is 0.340 e. The van der Waals surface area contributed by atoms with Gasteiger partial charge in [0.05, 0.1) is 24.3 Å². The van der Waals surface area contributed by atoms with Crippen molar-refractivity contribution in [3.63, 3.8) is 0 Å². The lowest BCUT2D eigenvalue weighted by molar-refractivity contribution is -0.137. The maximum atomic E-state index is 13.0. The van der Waals surface area contributed by atoms with Gasteiger partial charge in [0.15, 0.2) is 0 Å². The molecule has 0 saturated heterocycles. The van der Waals surface area contributed by atoms with Gasteiger partial charge < -0.3 is 10.2 Å². The molecule has 0 unspecified atom stereocenters. The highest BCUT2D eigenvalue weighted by Gasteiger charge is 2.33. The second-order valence-electron chi connectivity index (χ2n) is 6.64. The van der Waals surface area contributed by atoms with Crippen LogP contribution in [-0.2, 0) is 22.3 Å². The van der Waals surface area contributed by atoms with E-state index in [0.717, 1.165) is 11.6 Å². The zero-order valence-corrected chi connectivity index (χ0v) is 16.0. The van der Waals surface area contributed by atoms with Crippen LogP contribution in [0.3, 0.4) is 0 Å². The first-order chi connectivity index (χ1) is 13.6. The van der Waals surface area contributed by atoms with Gasteiger partial charge in [0.2, 0.25) is 11.8 Å². The number of benzene rings is 2. The Balaban J connectivity index is 1.88. The number of rotatable bonds is 7. The normalized spacial score (nSPS) is 11.4. The number of para-hydroxylation sites is 1. The Labute approximate surface area is 165 Å². The highest BCUT2D eigenvalue weighted by Crippen LogP contribution is 2.34. The molecule has 2 aromatic carbocycles. The van der Waals surface area contributed by atoms with Crippen molar-refractivity contribution in [1.82, 2.24) is 9.80 Å². The predicted octanol–water partition coefficient (Wildman–Crippen LogP) is 3.37. The van der Waals surface area contributed by atoms with E-state index in [-0.39, 0.29) is 37.0 Å². The molecule has 29 heavy (non-hydrogen) atoms. The quantitative estimate of drug-likeness (QED) is 0.711. The fourth-order valence-corrected chi connectivity index (χ4v) is 2.63. The second-order valence-corrected chi connectivity index (χ2v) is 6.64. The van der Waals surface area contributed by atoms with E-state index in [1.54, 1.807) is 19.2 Å². The summed E-state index contributed by atoms with van der Waals surface area (Å²) in [6, 6.07) is 10.4. The number of alkyl halides is 3. The largest absolute Gasteiger partial charge is 0.418 e. The minimum atomic E-state index is -4.59. The minimum Gasteiger partial charge on any atom is -0.340 e. The van der Waals surface area contributed by atoms with Gasteiger partial charge in [-0.25, -0.2) is 4.39 Å². The third-order valence-corrected chi connectivity index (χ3v) is 4.08. The average Bonchev–Trinajstić information content (AvgIpc) is 2.62. The third-order valence-electron chi connectivity index (χ3n) is 4.08. The molecule has 0 aromatic heterocycles. The molecule has 9 heteroatoms. The van der Waals surface area contributed by atoms with E-state index in [2.05, 4.69) is 5.32 Å². The maximum absolute atomic E-state index is 13.0. The molecule has 2 amide bonds. The van der Waals surface area contributed by atoms with Crippen LogP contribution in [0.5, 0.6) is 0 Å². The first-order valence-corrected chi connectivity index (χ1v) is 8.69. The number of carbonyl (C=O) groups excluding carboxylic acids is 2. The van der Waals surface area contributed by atoms with Crippen LogP contribution in [0.15, 0.2) is 48.5 Å². The molecule has 0 aliphatic heterocycles. The number of nitrogens with zero attached hydrogens (tertiary/aromatic N) is 2. The van der Waals surface area contributed by atoms with Crippen LogP contribution in [0.4, 0.5) is 23.2 Å². The summed E-state index contributed by atoms with van der Waals surface area (Å²) >= 11 is 0. The lowest BCUT2D eigenvalue weighted by atomic mass is 10.1. The second kappa shape index (κ2) is 9.51. The summed E-state index contributed by atoms with van der Waals surface area (Å²) in [4.78, 5) is 27.2. The molecule has 0 radical (unpaired) electrons. The van der Waals surface area contributed by atoms with Crippen molar-refractivity contribution >= 4 is 17.5 Å². The molecule has 2 rings (SSSR count). The molecule has 0 aliphatic rings. The summed E-state index contributed by atoms with van der Waals surface area (Å²) in [6.07, 6.45) is -4.59. The zero-order chi connectivity index (χ0) is 21.6. The van der Waals surface area contributed by atoms with Crippen LogP contribution < -0.4 is 5.32 Å². The van der Waals surface area contributed by atoms with Crippen molar-refractivity contribution in [2.45, 2.75) is 12.7 Å². The fraction of sp³-hybridized carbons (Fsp3) is 0.300. The van der Waals surface area contributed by atoms with Crippen LogP contribution in [0.1, 0.15) is 11.1 Å². The number of halogens is 4. The summed E-state index contributed by atoms with van der Waals surface area (Å²) in [5.74, 6) is -1.33. The summed E-state index contributed by atoms with van der Waals surface area (Å²) in [5, 5.41) is 2.23. The fourth-order valence-electron chi connectivity index (χ4n) is 2.63. The van der Waals surface area contributed by atoms with E-state index >= 15 is 0 Å². The Morgan fingerprint density at radius 2 is 1.59 bits per heavy atom. The lowest BCUT2D eigenvalue weighted by Crippen LogP contribution is -2.39. The molecule has 0 saturated carbocycles. The Hall–Kier alpha value is -2.94. The van der Waals surface area contributed by atoms with Crippen molar-refractivity contribution in [2.24, 2.45) is 0 Å². The number of anilines is 1. The highest BCUT2D eigenvalue weighted by atomic mass is 19.4. The van der Waals surface area contributed by atoms with Gasteiger partial charge >= 0.3 is 6.18 Å². The van der Waals surface area contributed by atoms with Crippen LogP contribution in [0, 0.1) is 5.82 Å². The van der Waals surface area contributed by atoms with E-state index in [9.17, 15) is 27.2 Å².